The first-order valence-corrected chi connectivity index (χ1v) is 10.4. The summed E-state index contributed by atoms with van der Waals surface area (Å²) in [6.07, 6.45) is 1.93. The zero-order valence-electron chi connectivity index (χ0n) is 15.2. The zero-order valence-corrected chi connectivity index (χ0v) is 16.0. The lowest BCUT2D eigenvalue weighted by Crippen LogP contribution is -2.37. The van der Waals surface area contributed by atoms with E-state index in [1.165, 1.54) is 18.0 Å². The molecule has 1 saturated heterocycles. The molecule has 0 aliphatic carbocycles. The lowest BCUT2D eigenvalue weighted by atomic mass is 10.1. The van der Waals surface area contributed by atoms with Gasteiger partial charge in [-0.2, -0.15) is 0 Å². The van der Waals surface area contributed by atoms with E-state index < -0.39 is 9.84 Å². The highest BCUT2D eigenvalue weighted by atomic mass is 32.2. The molecule has 1 aromatic carbocycles. The van der Waals surface area contributed by atoms with Gasteiger partial charge in [0.15, 0.2) is 15.6 Å². The smallest absolute Gasteiger partial charge is 0.255 e. The number of amides is 1. The summed E-state index contributed by atoms with van der Waals surface area (Å²) < 4.78 is 23.2. The van der Waals surface area contributed by atoms with Crippen molar-refractivity contribution in [1.82, 2.24) is 9.88 Å². The first-order chi connectivity index (χ1) is 12.7. The van der Waals surface area contributed by atoms with Crippen LogP contribution in [0.4, 0.5) is 11.5 Å². The fourth-order valence-electron chi connectivity index (χ4n) is 2.98. The van der Waals surface area contributed by atoms with Crippen molar-refractivity contribution in [3.63, 3.8) is 0 Å². The van der Waals surface area contributed by atoms with Crippen molar-refractivity contribution in [3.8, 4) is 0 Å². The summed E-state index contributed by atoms with van der Waals surface area (Å²) in [5.41, 5.74) is 1.81. The molecule has 0 bridgehead atoms. The maximum atomic E-state index is 12.6. The third kappa shape index (κ3) is 4.51. The number of hydrogen-bond donors (Lipinski definition) is 1. The van der Waals surface area contributed by atoms with Gasteiger partial charge in [0.25, 0.3) is 5.91 Å². The second-order valence-corrected chi connectivity index (χ2v) is 8.89. The van der Waals surface area contributed by atoms with E-state index >= 15 is 0 Å². The van der Waals surface area contributed by atoms with Crippen LogP contribution in [-0.4, -0.2) is 54.6 Å². The SMILES string of the molecule is CC(=O)c1ccc(Nc2ccc(C(=O)N(C)C3CCS(=O)(=O)C3)cn2)cc1. The van der Waals surface area contributed by atoms with Gasteiger partial charge in [-0.15, -0.1) is 0 Å². The van der Waals surface area contributed by atoms with Crippen molar-refractivity contribution in [2.24, 2.45) is 0 Å². The Morgan fingerprint density at radius 2 is 1.78 bits per heavy atom. The standard InChI is InChI=1S/C19H21N3O4S/c1-13(23)14-3-6-16(7-4-14)21-18-8-5-15(11-20-18)19(24)22(2)17-9-10-27(25,26)12-17/h3-8,11,17H,9-10,12H2,1-2H3,(H,20,21). The third-order valence-electron chi connectivity index (χ3n) is 4.65. The van der Waals surface area contributed by atoms with Crippen molar-refractivity contribution in [1.29, 1.82) is 0 Å². The maximum Gasteiger partial charge on any atom is 0.255 e. The lowest BCUT2D eigenvalue weighted by Gasteiger charge is -2.23. The van der Waals surface area contributed by atoms with Crippen LogP contribution in [-0.2, 0) is 9.84 Å². The predicted molar refractivity (Wildman–Crippen MR) is 103 cm³/mol. The zero-order chi connectivity index (χ0) is 19.6. The summed E-state index contributed by atoms with van der Waals surface area (Å²) in [7, 11) is -1.43. The van der Waals surface area contributed by atoms with E-state index in [-0.39, 0.29) is 29.2 Å². The number of sulfone groups is 1. The van der Waals surface area contributed by atoms with Gasteiger partial charge in [-0.3, -0.25) is 9.59 Å². The van der Waals surface area contributed by atoms with Crippen LogP contribution in [0.5, 0.6) is 0 Å². The number of carbonyl (C=O) groups excluding carboxylic acids is 2. The Hall–Kier alpha value is -2.74. The molecule has 1 unspecified atom stereocenters. The molecule has 3 rings (SSSR count). The lowest BCUT2D eigenvalue weighted by molar-refractivity contribution is 0.0747. The second-order valence-electron chi connectivity index (χ2n) is 6.66. The number of ketones is 1. The maximum absolute atomic E-state index is 12.6. The highest BCUT2D eigenvalue weighted by Crippen LogP contribution is 2.20. The van der Waals surface area contributed by atoms with Gasteiger partial charge >= 0.3 is 0 Å². The number of nitrogens with one attached hydrogen (secondary N) is 1. The first-order valence-electron chi connectivity index (χ1n) is 8.57. The van der Waals surface area contributed by atoms with Crippen molar-refractivity contribution >= 4 is 33.0 Å². The van der Waals surface area contributed by atoms with Crippen molar-refractivity contribution in [2.45, 2.75) is 19.4 Å². The molecular formula is C19H21N3O4S. The van der Waals surface area contributed by atoms with Crippen LogP contribution in [0.25, 0.3) is 0 Å². The fraction of sp³-hybridized carbons (Fsp3) is 0.316. The predicted octanol–water partition coefficient (Wildman–Crippen LogP) is 2.29. The van der Waals surface area contributed by atoms with Crippen LogP contribution < -0.4 is 5.32 Å². The largest absolute Gasteiger partial charge is 0.340 e. The molecular weight excluding hydrogens is 366 g/mol. The van der Waals surface area contributed by atoms with Gasteiger partial charge in [0.2, 0.25) is 0 Å². The molecule has 8 heteroatoms. The van der Waals surface area contributed by atoms with Gasteiger partial charge in [-0.05, 0) is 49.7 Å². The number of hydrogen-bond acceptors (Lipinski definition) is 6. The van der Waals surface area contributed by atoms with E-state index in [0.717, 1.165) is 5.69 Å². The fourth-order valence-corrected chi connectivity index (χ4v) is 4.76. The average Bonchev–Trinajstić information content (AvgIpc) is 3.01. The number of nitrogens with zero attached hydrogens (tertiary/aromatic N) is 2. The van der Waals surface area contributed by atoms with E-state index in [1.807, 2.05) is 0 Å². The van der Waals surface area contributed by atoms with Crippen LogP contribution in [0.1, 0.15) is 34.1 Å². The number of benzene rings is 1. The highest BCUT2D eigenvalue weighted by Gasteiger charge is 2.33. The summed E-state index contributed by atoms with van der Waals surface area (Å²) in [5, 5.41) is 3.10. The van der Waals surface area contributed by atoms with Crippen LogP contribution in [0.3, 0.4) is 0 Å². The van der Waals surface area contributed by atoms with E-state index in [0.29, 0.717) is 23.4 Å². The summed E-state index contributed by atoms with van der Waals surface area (Å²) in [6.45, 7) is 1.51. The summed E-state index contributed by atoms with van der Waals surface area (Å²) in [4.78, 5) is 29.6. The topological polar surface area (TPSA) is 96.4 Å². The van der Waals surface area contributed by atoms with Crippen LogP contribution in [0.2, 0.25) is 0 Å². The van der Waals surface area contributed by atoms with Crippen molar-refractivity contribution in [3.05, 3.63) is 53.7 Å². The summed E-state index contributed by atoms with van der Waals surface area (Å²) in [6, 6.07) is 10.1. The van der Waals surface area contributed by atoms with Gasteiger partial charge in [0.05, 0.1) is 17.1 Å². The number of Topliss-reactive ketones (excluding diaryl/α,β-unsaturated/α-hetero) is 1. The van der Waals surface area contributed by atoms with E-state index in [2.05, 4.69) is 10.3 Å². The van der Waals surface area contributed by atoms with Crippen LogP contribution >= 0.6 is 0 Å². The summed E-state index contributed by atoms with van der Waals surface area (Å²) in [5.74, 6) is 0.453. The number of rotatable bonds is 5. The third-order valence-corrected chi connectivity index (χ3v) is 6.40. The van der Waals surface area contributed by atoms with Gasteiger partial charge in [-0.1, -0.05) is 0 Å². The molecule has 2 aromatic rings. The molecule has 0 radical (unpaired) electrons. The van der Waals surface area contributed by atoms with Gasteiger partial charge in [-0.25, -0.2) is 13.4 Å². The minimum absolute atomic E-state index is 0.00160. The molecule has 0 spiro atoms. The Labute approximate surface area is 158 Å². The Morgan fingerprint density at radius 1 is 1.11 bits per heavy atom. The minimum Gasteiger partial charge on any atom is -0.340 e. The van der Waals surface area contributed by atoms with Crippen molar-refractivity contribution < 1.29 is 18.0 Å². The number of aromatic nitrogens is 1. The molecule has 0 saturated carbocycles. The van der Waals surface area contributed by atoms with Gasteiger partial charge in [0, 0.05) is 30.5 Å². The van der Waals surface area contributed by atoms with E-state index in [9.17, 15) is 18.0 Å². The molecule has 142 valence electrons. The van der Waals surface area contributed by atoms with E-state index in [4.69, 9.17) is 0 Å². The van der Waals surface area contributed by atoms with E-state index in [1.54, 1.807) is 43.4 Å². The molecule has 1 atom stereocenters. The first kappa shape index (κ1) is 19.0. The molecule has 1 amide bonds. The van der Waals surface area contributed by atoms with Gasteiger partial charge in [0.1, 0.15) is 5.82 Å². The van der Waals surface area contributed by atoms with Crippen LogP contribution in [0.15, 0.2) is 42.6 Å². The average molecular weight is 387 g/mol. The minimum atomic E-state index is -3.05. The molecule has 1 aliphatic heterocycles. The quantitative estimate of drug-likeness (QED) is 0.791. The molecule has 27 heavy (non-hydrogen) atoms. The molecule has 1 aliphatic rings. The Kier molecular flexibility index (Phi) is 5.27. The number of anilines is 2. The molecule has 2 heterocycles. The number of pyridine rings is 1. The Bertz CT molecular complexity index is 953. The Balaban J connectivity index is 1.66. The molecule has 7 nitrogen and oxygen atoms in total. The monoisotopic (exact) mass is 387 g/mol. The summed E-state index contributed by atoms with van der Waals surface area (Å²) >= 11 is 0. The number of carbonyl (C=O) groups is 2. The second kappa shape index (κ2) is 7.48. The molecule has 1 fully saturated rings. The highest BCUT2D eigenvalue weighted by molar-refractivity contribution is 7.91. The Morgan fingerprint density at radius 3 is 2.30 bits per heavy atom. The molecule has 1 aromatic heterocycles. The van der Waals surface area contributed by atoms with Gasteiger partial charge < -0.3 is 10.2 Å². The normalized spacial score (nSPS) is 18.1. The van der Waals surface area contributed by atoms with Crippen molar-refractivity contribution in [2.75, 3.05) is 23.9 Å². The van der Waals surface area contributed by atoms with Crippen LogP contribution in [0, 0.1) is 0 Å². The molecule has 1 N–H and O–H groups in total.